The van der Waals surface area contributed by atoms with E-state index in [4.69, 9.17) is 4.42 Å². The lowest BCUT2D eigenvalue weighted by Crippen LogP contribution is -2.08. The Balaban J connectivity index is 1.79. The van der Waals surface area contributed by atoms with Crippen LogP contribution in [-0.2, 0) is 5.41 Å². The summed E-state index contributed by atoms with van der Waals surface area (Å²) in [5, 5.41) is 1.36. The predicted molar refractivity (Wildman–Crippen MR) is 73.6 cm³/mol. The van der Waals surface area contributed by atoms with Crippen LogP contribution < -0.4 is 0 Å². The molecule has 1 aromatic carbocycles. The number of rotatable bonds is 1. The number of hydrogen-bond acceptors (Lipinski definition) is 1. The molecule has 94 valence electrons. The minimum atomic E-state index is 0.470. The van der Waals surface area contributed by atoms with Gasteiger partial charge in [0.15, 0.2) is 0 Å². The molecule has 1 nitrogen and oxygen atoms in total. The Hall–Kier alpha value is -1.24. The first-order chi connectivity index (χ1) is 8.79. The first kappa shape index (κ1) is 10.7. The maximum Gasteiger partial charge on any atom is 0.134 e. The van der Waals surface area contributed by atoms with Crippen molar-refractivity contribution >= 4 is 11.0 Å². The fourth-order valence-corrected chi connectivity index (χ4v) is 4.19. The van der Waals surface area contributed by atoms with Gasteiger partial charge in [-0.05, 0) is 37.2 Å². The van der Waals surface area contributed by atoms with Crippen LogP contribution in [0.25, 0.3) is 11.0 Å². The van der Waals surface area contributed by atoms with Crippen molar-refractivity contribution in [3.8, 4) is 0 Å². The molecule has 2 aliphatic rings. The van der Waals surface area contributed by atoms with E-state index >= 15 is 0 Å². The van der Waals surface area contributed by atoms with Gasteiger partial charge in [-0.15, -0.1) is 0 Å². The van der Waals surface area contributed by atoms with Crippen LogP contribution in [0.5, 0.6) is 0 Å². The summed E-state index contributed by atoms with van der Waals surface area (Å²) in [6, 6.07) is 8.51. The summed E-state index contributed by atoms with van der Waals surface area (Å²) in [4.78, 5) is 0. The fourth-order valence-electron chi connectivity index (χ4n) is 4.19. The summed E-state index contributed by atoms with van der Waals surface area (Å²) in [5.74, 6) is 1.83. The summed E-state index contributed by atoms with van der Waals surface area (Å²) in [6.45, 7) is 2.42. The van der Waals surface area contributed by atoms with E-state index in [1.165, 1.54) is 43.1 Å². The van der Waals surface area contributed by atoms with Crippen molar-refractivity contribution in [3.05, 3.63) is 36.1 Å². The van der Waals surface area contributed by atoms with Crippen molar-refractivity contribution in [3.63, 3.8) is 0 Å². The molecule has 0 amide bonds. The van der Waals surface area contributed by atoms with Gasteiger partial charge in [0, 0.05) is 16.4 Å². The Morgan fingerprint density at radius 3 is 3.11 bits per heavy atom. The van der Waals surface area contributed by atoms with Crippen LogP contribution in [0.15, 0.2) is 34.9 Å². The maximum atomic E-state index is 5.76. The SMILES string of the molecule is CC1CCCC2(c3coc4ccccc34)CC2C1. The molecule has 0 radical (unpaired) electrons. The van der Waals surface area contributed by atoms with Gasteiger partial charge >= 0.3 is 0 Å². The van der Waals surface area contributed by atoms with E-state index in [0.717, 1.165) is 17.4 Å². The molecule has 0 saturated heterocycles. The molecule has 2 saturated carbocycles. The van der Waals surface area contributed by atoms with Gasteiger partial charge in [-0.1, -0.05) is 38.0 Å². The molecule has 4 rings (SSSR count). The molecule has 18 heavy (non-hydrogen) atoms. The second kappa shape index (κ2) is 3.63. The molecular weight excluding hydrogens is 220 g/mol. The lowest BCUT2D eigenvalue weighted by atomic mass is 9.89. The summed E-state index contributed by atoms with van der Waals surface area (Å²) in [5.41, 5.74) is 3.03. The second-order valence-electron chi connectivity index (χ2n) is 6.44. The van der Waals surface area contributed by atoms with Crippen LogP contribution in [0, 0.1) is 11.8 Å². The molecule has 1 heterocycles. The molecular formula is C17H20O. The normalized spacial score (nSPS) is 35.2. The van der Waals surface area contributed by atoms with E-state index in [1.54, 1.807) is 0 Å². The van der Waals surface area contributed by atoms with E-state index in [1.807, 2.05) is 6.26 Å². The highest BCUT2D eigenvalue weighted by Gasteiger charge is 2.56. The first-order valence-electron chi connectivity index (χ1n) is 7.26. The Morgan fingerprint density at radius 1 is 1.28 bits per heavy atom. The van der Waals surface area contributed by atoms with E-state index in [0.29, 0.717) is 5.41 Å². The van der Waals surface area contributed by atoms with Gasteiger partial charge in [-0.3, -0.25) is 0 Å². The van der Waals surface area contributed by atoms with Crippen LogP contribution in [0.1, 0.15) is 44.6 Å². The zero-order chi connectivity index (χ0) is 12.2. The smallest absolute Gasteiger partial charge is 0.134 e. The van der Waals surface area contributed by atoms with Gasteiger partial charge in [0.2, 0.25) is 0 Å². The molecule has 2 fully saturated rings. The molecule has 1 heteroatoms. The van der Waals surface area contributed by atoms with Crippen molar-refractivity contribution in [1.29, 1.82) is 0 Å². The maximum absolute atomic E-state index is 5.76. The summed E-state index contributed by atoms with van der Waals surface area (Å²) >= 11 is 0. The van der Waals surface area contributed by atoms with Gasteiger partial charge in [0.25, 0.3) is 0 Å². The molecule has 0 N–H and O–H groups in total. The number of para-hydroxylation sites is 1. The Labute approximate surface area is 108 Å². The molecule has 1 aromatic heterocycles. The van der Waals surface area contributed by atoms with Gasteiger partial charge in [-0.25, -0.2) is 0 Å². The van der Waals surface area contributed by atoms with E-state index in [2.05, 4.69) is 31.2 Å². The highest BCUT2D eigenvalue weighted by atomic mass is 16.3. The van der Waals surface area contributed by atoms with E-state index < -0.39 is 0 Å². The lowest BCUT2D eigenvalue weighted by Gasteiger charge is -2.13. The molecule has 2 aliphatic carbocycles. The van der Waals surface area contributed by atoms with E-state index in [-0.39, 0.29) is 0 Å². The van der Waals surface area contributed by atoms with Crippen LogP contribution in [0.3, 0.4) is 0 Å². The summed E-state index contributed by atoms with van der Waals surface area (Å²) in [7, 11) is 0. The number of furan rings is 1. The highest BCUT2D eigenvalue weighted by Crippen LogP contribution is 2.63. The molecule has 0 aliphatic heterocycles. The van der Waals surface area contributed by atoms with Crippen LogP contribution in [-0.4, -0.2) is 0 Å². The Bertz CT molecular complexity index is 582. The van der Waals surface area contributed by atoms with E-state index in [9.17, 15) is 0 Å². The van der Waals surface area contributed by atoms with Gasteiger partial charge in [0.1, 0.15) is 5.58 Å². The third-order valence-electron chi connectivity index (χ3n) is 5.26. The van der Waals surface area contributed by atoms with Gasteiger partial charge < -0.3 is 4.42 Å². The largest absolute Gasteiger partial charge is 0.464 e. The van der Waals surface area contributed by atoms with Gasteiger partial charge in [-0.2, -0.15) is 0 Å². The van der Waals surface area contributed by atoms with Crippen LogP contribution >= 0.6 is 0 Å². The summed E-state index contributed by atoms with van der Waals surface area (Å²) in [6.07, 6.45) is 9.01. The quantitative estimate of drug-likeness (QED) is 0.691. The number of fused-ring (bicyclic) bond motifs is 2. The topological polar surface area (TPSA) is 13.1 Å². The fraction of sp³-hybridized carbons (Fsp3) is 0.529. The van der Waals surface area contributed by atoms with Crippen LogP contribution in [0.4, 0.5) is 0 Å². The monoisotopic (exact) mass is 240 g/mol. The molecule has 3 atom stereocenters. The van der Waals surface area contributed by atoms with Gasteiger partial charge in [0.05, 0.1) is 6.26 Å². The molecule has 3 unspecified atom stereocenters. The molecule has 2 aromatic rings. The Morgan fingerprint density at radius 2 is 2.17 bits per heavy atom. The zero-order valence-corrected chi connectivity index (χ0v) is 11.0. The Kier molecular flexibility index (Phi) is 2.15. The number of benzene rings is 1. The average Bonchev–Trinajstić information content (AvgIpc) is 2.91. The second-order valence-corrected chi connectivity index (χ2v) is 6.44. The van der Waals surface area contributed by atoms with Crippen LogP contribution in [0.2, 0.25) is 0 Å². The first-order valence-corrected chi connectivity index (χ1v) is 7.26. The minimum Gasteiger partial charge on any atom is -0.464 e. The third kappa shape index (κ3) is 1.39. The standard InChI is InChI=1S/C17H20O/c1-12-5-4-8-17(10-13(17)9-12)15-11-18-16-7-3-2-6-14(15)16/h2-3,6-7,11-13H,4-5,8-10H2,1H3. The average molecular weight is 240 g/mol. The lowest BCUT2D eigenvalue weighted by molar-refractivity contribution is 0.473. The summed E-state index contributed by atoms with van der Waals surface area (Å²) < 4.78 is 5.76. The van der Waals surface area contributed by atoms with Crippen molar-refractivity contribution < 1.29 is 4.42 Å². The molecule has 0 spiro atoms. The van der Waals surface area contributed by atoms with Crippen molar-refractivity contribution in [1.82, 2.24) is 0 Å². The van der Waals surface area contributed by atoms with Crippen molar-refractivity contribution in [2.45, 2.75) is 44.4 Å². The zero-order valence-electron chi connectivity index (χ0n) is 11.0. The number of hydrogen-bond donors (Lipinski definition) is 0. The predicted octanol–water partition coefficient (Wildman–Crippen LogP) is 4.90. The van der Waals surface area contributed by atoms with Crippen molar-refractivity contribution in [2.75, 3.05) is 0 Å². The highest BCUT2D eigenvalue weighted by molar-refractivity contribution is 5.82. The third-order valence-corrected chi connectivity index (χ3v) is 5.26. The minimum absolute atomic E-state index is 0.470. The van der Waals surface area contributed by atoms with Crippen molar-refractivity contribution in [2.24, 2.45) is 11.8 Å². The molecule has 0 bridgehead atoms.